The molecule has 96 valence electrons. The monoisotopic (exact) mass is 236 g/mol. The zero-order chi connectivity index (χ0) is 12.1. The summed E-state index contributed by atoms with van der Waals surface area (Å²) in [5.74, 6) is 1.17. The number of aromatic nitrogens is 2. The molecule has 2 heterocycles. The molecular weight excluding hydrogens is 212 g/mol. The van der Waals surface area contributed by atoms with Crippen LogP contribution in [-0.2, 0) is 13.6 Å². The quantitative estimate of drug-likeness (QED) is 0.838. The largest absolute Gasteiger partial charge is 0.337 e. The minimum atomic E-state index is 0.681. The van der Waals surface area contributed by atoms with E-state index in [0.717, 1.165) is 19.6 Å². The predicted octanol–water partition coefficient (Wildman–Crippen LogP) is 1.38. The standard InChI is InChI=1S/C13H24N4/c1-3-14-10-12-6-4-5-8-17(12)11-13-15-7-9-16(13)2/h7,9,12,14H,3-6,8,10-11H2,1-2H3. The molecule has 1 unspecified atom stereocenters. The second-order valence-electron chi connectivity index (χ2n) is 4.88. The van der Waals surface area contributed by atoms with E-state index in [4.69, 9.17) is 0 Å². The molecule has 1 saturated heterocycles. The fraction of sp³-hybridized carbons (Fsp3) is 0.769. The Morgan fingerprint density at radius 3 is 3.06 bits per heavy atom. The van der Waals surface area contributed by atoms with Crippen LogP contribution in [0.3, 0.4) is 0 Å². The van der Waals surface area contributed by atoms with Crippen LogP contribution in [0, 0.1) is 0 Å². The number of likely N-dealkylation sites (tertiary alicyclic amines) is 1. The third kappa shape index (κ3) is 3.30. The summed E-state index contributed by atoms with van der Waals surface area (Å²) in [4.78, 5) is 7.00. The number of hydrogen-bond donors (Lipinski definition) is 1. The van der Waals surface area contributed by atoms with Gasteiger partial charge in [-0.1, -0.05) is 13.3 Å². The van der Waals surface area contributed by atoms with Crippen molar-refractivity contribution in [3.05, 3.63) is 18.2 Å². The zero-order valence-electron chi connectivity index (χ0n) is 11.0. The second kappa shape index (κ2) is 6.17. The van der Waals surface area contributed by atoms with Gasteiger partial charge in [0.05, 0.1) is 6.54 Å². The Labute approximate surface area is 104 Å². The summed E-state index contributed by atoms with van der Waals surface area (Å²) < 4.78 is 2.12. The minimum Gasteiger partial charge on any atom is -0.337 e. The molecule has 2 rings (SSSR count). The van der Waals surface area contributed by atoms with Gasteiger partial charge in [-0.3, -0.25) is 4.90 Å². The van der Waals surface area contributed by atoms with Gasteiger partial charge in [0.25, 0.3) is 0 Å². The van der Waals surface area contributed by atoms with Gasteiger partial charge in [0.1, 0.15) is 5.82 Å². The highest BCUT2D eigenvalue weighted by molar-refractivity contribution is 4.93. The molecule has 1 aromatic rings. The number of nitrogens with one attached hydrogen (secondary N) is 1. The van der Waals surface area contributed by atoms with Crippen molar-refractivity contribution >= 4 is 0 Å². The average Bonchev–Trinajstić information content (AvgIpc) is 2.74. The van der Waals surface area contributed by atoms with Gasteiger partial charge in [0.2, 0.25) is 0 Å². The number of hydrogen-bond acceptors (Lipinski definition) is 3. The van der Waals surface area contributed by atoms with Crippen LogP contribution >= 0.6 is 0 Å². The van der Waals surface area contributed by atoms with Crippen LogP contribution in [0.25, 0.3) is 0 Å². The summed E-state index contributed by atoms with van der Waals surface area (Å²) in [7, 11) is 2.07. The SMILES string of the molecule is CCNCC1CCCCN1Cc1nccn1C. The maximum atomic E-state index is 4.43. The molecule has 0 amide bonds. The van der Waals surface area contributed by atoms with Gasteiger partial charge in [-0.05, 0) is 25.9 Å². The Kier molecular flexibility index (Phi) is 4.57. The summed E-state index contributed by atoms with van der Waals surface area (Å²) in [6.07, 6.45) is 7.93. The lowest BCUT2D eigenvalue weighted by Gasteiger charge is -2.35. The van der Waals surface area contributed by atoms with Crippen molar-refractivity contribution in [2.75, 3.05) is 19.6 Å². The van der Waals surface area contributed by atoms with Crippen LogP contribution in [0.5, 0.6) is 0 Å². The lowest BCUT2D eigenvalue weighted by atomic mass is 10.0. The summed E-state index contributed by atoms with van der Waals surface area (Å²) >= 11 is 0. The summed E-state index contributed by atoms with van der Waals surface area (Å²) in [5, 5.41) is 3.47. The first-order valence-corrected chi connectivity index (χ1v) is 6.72. The highest BCUT2D eigenvalue weighted by atomic mass is 15.2. The van der Waals surface area contributed by atoms with Crippen LogP contribution in [0.1, 0.15) is 32.0 Å². The van der Waals surface area contributed by atoms with Crippen molar-refractivity contribution in [1.82, 2.24) is 19.8 Å². The van der Waals surface area contributed by atoms with Gasteiger partial charge in [-0.15, -0.1) is 0 Å². The lowest BCUT2D eigenvalue weighted by Crippen LogP contribution is -2.45. The summed E-state index contributed by atoms with van der Waals surface area (Å²) in [6, 6.07) is 0.681. The number of nitrogens with zero attached hydrogens (tertiary/aromatic N) is 3. The Bertz CT molecular complexity index is 334. The molecular formula is C13H24N4. The first kappa shape index (κ1) is 12.6. The number of aryl methyl sites for hydroxylation is 1. The van der Waals surface area contributed by atoms with E-state index in [9.17, 15) is 0 Å². The molecule has 17 heavy (non-hydrogen) atoms. The Hall–Kier alpha value is -0.870. The van der Waals surface area contributed by atoms with Crippen molar-refractivity contribution < 1.29 is 0 Å². The molecule has 1 aromatic heterocycles. The molecule has 0 bridgehead atoms. The second-order valence-corrected chi connectivity index (χ2v) is 4.88. The normalized spacial score (nSPS) is 21.9. The highest BCUT2D eigenvalue weighted by Gasteiger charge is 2.22. The molecule has 0 aromatic carbocycles. The van der Waals surface area contributed by atoms with E-state index in [-0.39, 0.29) is 0 Å². The first-order chi connectivity index (χ1) is 8.31. The molecule has 0 aliphatic carbocycles. The van der Waals surface area contributed by atoms with Crippen molar-refractivity contribution in [2.24, 2.45) is 7.05 Å². The van der Waals surface area contributed by atoms with Crippen LogP contribution in [0.15, 0.2) is 12.4 Å². The van der Waals surface area contributed by atoms with Gasteiger partial charge < -0.3 is 9.88 Å². The van der Waals surface area contributed by atoms with Crippen molar-refractivity contribution in [1.29, 1.82) is 0 Å². The van der Waals surface area contributed by atoms with Gasteiger partial charge >= 0.3 is 0 Å². The molecule has 4 nitrogen and oxygen atoms in total. The maximum Gasteiger partial charge on any atom is 0.122 e. The van der Waals surface area contributed by atoms with E-state index in [1.165, 1.54) is 31.6 Å². The molecule has 0 spiro atoms. The molecule has 1 aliphatic heterocycles. The van der Waals surface area contributed by atoms with Crippen LogP contribution in [0.4, 0.5) is 0 Å². The van der Waals surface area contributed by atoms with Crippen LogP contribution in [0.2, 0.25) is 0 Å². The van der Waals surface area contributed by atoms with Crippen molar-refractivity contribution in [3.8, 4) is 0 Å². The average molecular weight is 236 g/mol. The fourth-order valence-electron chi connectivity index (χ4n) is 2.54. The predicted molar refractivity (Wildman–Crippen MR) is 69.8 cm³/mol. The Morgan fingerprint density at radius 1 is 1.47 bits per heavy atom. The van der Waals surface area contributed by atoms with Gasteiger partial charge in [-0.2, -0.15) is 0 Å². The van der Waals surface area contributed by atoms with E-state index < -0.39 is 0 Å². The molecule has 1 atom stereocenters. The topological polar surface area (TPSA) is 33.1 Å². The van der Waals surface area contributed by atoms with Crippen LogP contribution < -0.4 is 5.32 Å². The Balaban J connectivity index is 1.94. The molecule has 1 N–H and O–H groups in total. The summed E-state index contributed by atoms with van der Waals surface area (Å²) in [5.41, 5.74) is 0. The van der Waals surface area contributed by atoms with E-state index in [2.05, 4.69) is 33.7 Å². The number of imidazole rings is 1. The third-order valence-electron chi connectivity index (χ3n) is 3.64. The lowest BCUT2D eigenvalue weighted by molar-refractivity contribution is 0.133. The molecule has 1 fully saturated rings. The fourth-order valence-corrected chi connectivity index (χ4v) is 2.54. The van der Waals surface area contributed by atoms with Gasteiger partial charge in [0.15, 0.2) is 0 Å². The number of piperidine rings is 1. The van der Waals surface area contributed by atoms with E-state index in [1.54, 1.807) is 0 Å². The van der Waals surface area contributed by atoms with Crippen molar-refractivity contribution in [2.45, 2.75) is 38.8 Å². The van der Waals surface area contributed by atoms with Crippen molar-refractivity contribution in [3.63, 3.8) is 0 Å². The van der Waals surface area contributed by atoms with E-state index in [1.807, 2.05) is 12.4 Å². The maximum absolute atomic E-state index is 4.43. The molecule has 1 aliphatic rings. The number of rotatable bonds is 5. The van der Waals surface area contributed by atoms with Gasteiger partial charge in [-0.25, -0.2) is 4.98 Å². The minimum absolute atomic E-state index is 0.681. The smallest absolute Gasteiger partial charge is 0.122 e. The van der Waals surface area contributed by atoms with Gasteiger partial charge in [0, 0.05) is 32.0 Å². The van der Waals surface area contributed by atoms with E-state index >= 15 is 0 Å². The molecule has 0 saturated carbocycles. The highest BCUT2D eigenvalue weighted by Crippen LogP contribution is 2.18. The zero-order valence-corrected chi connectivity index (χ0v) is 11.0. The Morgan fingerprint density at radius 2 is 2.35 bits per heavy atom. The first-order valence-electron chi connectivity index (χ1n) is 6.72. The third-order valence-corrected chi connectivity index (χ3v) is 3.64. The number of likely N-dealkylation sites (N-methyl/N-ethyl adjacent to an activating group) is 1. The summed E-state index contributed by atoms with van der Waals surface area (Å²) in [6.45, 7) is 6.54. The van der Waals surface area contributed by atoms with E-state index in [0.29, 0.717) is 6.04 Å². The molecule has 4 heteroatoms. The van der Waals surface area contributed by atoms with Crippen LogP contribution in [-0.4, -0.2) is 40.1 Å². The molecule has 0 radical (unpaired) electrons.